The van der Waals surface area contributed by atoms with Crippen LogP contribution in [0, 0.1) is 12.7 Å². The zero-order chi connectivity index (χ0) is 12.4. The van der Waals surface area contributed by atoms with Crippen molar-refractivity contribution in [2.45, 2.75) is 6.92 Å². The number of rotatable bonds is 3. The Balaban J connectivity index is 2.37. The summed E-state index contributed by atoms with van der Waals surface area (Å²) in [6, 6.07) is 7.25. The molecule has 1 aromatic heterocycles. The van der Waals surface area contributed by atoms with Crippen molar-refractivity contribution < 1.29 is 18.3 Å². The van der Waals surface area contributed by atoms with Gasteiger partial charge in [0.2, 0.25) is 5.78 Å². The highest BCUT2D eigenvalue weighted by Gasteiger charge is 2.15. The maximum absolute atomic E-state index is 13.2. The summed E-state index contributed by atoms with van der Waals surface area (Å²) in [5.41, 5.74) is 0.331. The normalized spacial score (nSPS) is 10.3. The molecule has 0 aliphatic rings. The quantitative estimate of drug-likeness (QED) is 0.766. The van der Waals surface area contributed by atoms with Crippen molar-refractivity contribution in [2.75, 3.05) is 7.11 Å². The molecule has 0 atom stereocenters. The van der Waals surface area contributed by atoms with Gasteiger partial charge in [0.05, 0.1) is 7.11 Å². The number of furan rings is 1. The predicted molar refractivity (Wildman–Crippen MR) is 59.8 cm³/mol. The van der Waals surface area contributed by atoms with Crippen molar-refractivity contribution in [3.63, 3.8) is 0 Å². The topological polar surface area (TPSA) is 39.4 Å². The van der Waals surface area contributed by atoms with Gasteiger partial charge in [0.25, 0.3) is 0 Å². The van der Waals surface area contributed by atoms with Gasteiger partial charge in [-0.2, -0.15) is 0 Å². The molecule has 0 radical (unpaired) electrons. The maximum Gasteiger partial charge on any atom is 0.228 e. The second-order valence-corrected chi connectivity index (χ2v) is 3.59. The monoisotopic (exact) mass is 234 g/mol. The largest absolute Gasteiger partial charge is 0.494 e. The van der Waals surface area contributed by atoms with E-state index in [9.17, 15) is 9.18 Å². The third-order valence-electron chi connectivity index (χ3n) is 2.38. The van der Waals surface area contributed by atoms with Gasteiger partial charge in [0.15, 0.2) is 17.3 Å². The highest BCUT2D eigenvalue weighted by molar-refractivity contribution is 6.07. The van der Waals surface area contributed by atoms with E-state index in [0.29, 0.717) is 11.3 Å². The van der Waals surface area contributed by atoms with Crippen LogP contribution in [0.4, 0.5) is 4.39 Å². The predicted octanol–water partition coefficient (Wildman–Crippen LogP) is 2.97. The lowest BCUT2D eigenvalue weighted by Gasteiger charge is -2.03. The fourth-order valence-electron chi connectivity index (χ4n) is 1.50. The second kappa shape index (κ2) is 4.41. The third-order valence-corrected chi connectivity index (χ3v) is 2.38. The van der Waals surface area contributed by atoms with Crippen molar-refractivity contribution in [3.8, 4) is 5.75 Å². The van der Waals surface area contributed by atoms with Crippen LogP contribution in [0.2, 0.25) is 0 Å². The van der Waals surface area contributed by atoms with Gasteiger partial charge in [-0.05, 0) is 37.3 Å². The SMILES string of the molecule is COc1cc(C(=O)c2ccc(C)o2)ccc1F. The van der Waals surface area contributed by atoms with Gasteiger partial charge in [-0.1, -0.05) is 0 Å². The number of ether oxygens (including phenoxy) is 1. The Hall–Kier alpha value is -2.10. The summed E-state index contributed by atoms with van der Waals surface area (Å²) < 4.78 is 23.2. The zero-order valence-corrected chi connectivity index (χ0v) is 9.49. The molecule has 0 saturated heterocycles. The minimum Gasteiger partial charge on any atom is -0.494 e. The molecule has 2 aromatic rings. The molecule has 3 nitrogen and oxygen atoms in total. The molecule has 4 heteroatoms. The summed E-state index contributed by atoms with van der Waals surface area (Å²) >= 11 is 0. The lowest BCUT2D eigenvalue weighted by atomic mass is 10.1. The van der Waals surface area contributed by atoms with Crippen LogP contribution in [0.15, 0.2) is 34.7 Å². The molecule has 17 heavy (non-hydrogen) atoms. The highest BCUT2D eigenvalue weighted by Crippen LogP contribution is 2.21. The fraction of sp³-hybridized carbons (Fsp3) is 0.154. The van der Waals surface area contributed by atoms with Crippen molar-refractivity contribution >= 4 is 5.78 Å². The first-order valence-electron chi connectivity index (χ1n) is 5.06. The van der Waals surface area contributed by atoms with Crippen molar-refractivity contribution in [1.29, 1.82) is 0 Å². The summed E-state index contributed by atoms with van der Waals surface area (Å²) in [5, 5.41) is 0. The Kier molecular flexibility index (Phi) is 2.95. The van der Waals surface area contributed by atoms with Crippen LogP contribution < -0.4 is 4.74 Å². The molecule has 88 valence electrons. The molecule has 0 saturated carbocycles. The molecular formula is C13H11FO3. The molecule has 0 fully saturated rings. The van der Waals surface area contributed by atoms with Crippen molar-refractivity contribution in [2.24, 2.45) is 0 Å². The summed E-state index contributed by atoms with van der Waals surface area (Å²) in [6.45, 7) is 1.75. The molecule has 0 spiro atoms. The van der Waals surface area contributed by atoms with E-state index in [-0.39, 0.29) is 17.3 Å². The molecule has 2 rings (SSSR count). The Labute approximate surface area is 97.8 Å². The van der Waals surface area contributed by atoms with Crippen LogP contribution in [-0.4, -0.2) is 12.9 Å². The second-order valence-electron chi connectivity index (χ2n) is 3.59. The van der Waals surface area contributed by atoms with Crippen molar-refractivity contribution in [1.82, 2.24) is 0 Å². The molecule has 0 aliphatic heterocycles. The Morgan fingerprint density at radius 3 is 2.65 bits per heavy atom. The van der Waals surface area contributed by atoms with Crippen LogP contribution in [0.1, 0.15) is 21.9 Å². The van der Waals surface area contributed by atoms with Crippen LogP contribution in [0.3, 0.4) is 0 Å². The molecule has 0 N–H and O–H groups in total. The average molecular weight is 234 g/mol. The standard InChI is InChI=1S/C13H11FO3/c1-8-3-6-11(17-8)13(15)9-4-5-10(14)12(7-9)16-2/h3-7H,1-2H3. The van der Waals surface area contributed by atoms with E-state index in [1.165, 1.54) is 25.3 Å². The van der Waals surface area contributed by atoms with E-state index in [0.717, 1.165) is 0 Å². The summed E-state index contributed by atoms with van der Waals surface area (Å²) in [6.07, 6.45) is 0. The van der Waals surface area contributed by atoms with E-state index >= 15 is 0 Å². The van der Waals surface area contributed by atoms with Gasteiger partial charge in [-0.3, -0.25) is 4.79 Å². The first-order valence-corrected chi connectivity index (χ1v) is 5.06. The van der Waals surface area contributed by atoms with Gasteiger partial charge in [0, 0.05) is 5.56 Å². The molecule has 0 unspecified atom stereocenters. The van der Waals surface area contributed by atoms with Crippen LogP contribution >= 0.6 is 0 Å². The minimum absolute atomic E-state index is 0.0409. The Morgan fingerprint density at radius 1 is 1.29 bits per heavy atom. The van der Waals surface area contributed by atoms with E-state index in [4.69, 9.17) is 9.15 Å². The van der Waals surface area contributed by atoms with Crippen molar-refractivity contribution in [3.05, 3.63) is 53.2 Å². The third kappa shape index (κ3) is 2.20. The number of hydrogen-bond donors (Lipinski definition) is 0. The minimum atomic E-state index is -0.500. The average Bonchev–Trinajstić information content (AvgIpc) is 2.75. The fourth-order valence-corrected chi connectivity index (χ4v) is 1.50. The highest BCUT2D eigenvalue weighted by atomic mass is 19.1. The number of methoxy groups -OCH3 is 1. The van der Waals surface area contributed by atoms with Crippen LogP contribution in [0.25, 0.3) is 0 Å². The van der Waals surface area contributed by atoms with Crippen LogP contribution in [0.5, 0.6) is 5.75 Å². The lowest BCUT2D eigenvalue weighted by molar-refractivity contribution is 0.101. The molecule has 0 bridgehead atoms. The smallest absolute Gasteiger partial charge is 0.228 e. The molecule has 0 amide bonds. The van der Waals surface area contributed by atoms with Gasteiger partial charge in [-0.25, -0.2) is 4.39 Å². The number of benzene rings is 1. The first kappa shape index (κ1) is 11.4. The Bertz CT molecular complexity index is 558. The molecule has 0 aliphatic carbocycles. The Morgan fingerprint density at radius 2 is 2.06 bits per heavy atom. The number of aryl methyl sites for hydroxylation is 1. The number of carbonyl (C=O) groups excluding carboxylic acids is 1. The van der Waals surface area contributed by atoms with E-state index < -0.39 is 5.82 Å². The summed E-state index contributed by atoms with van der Waals surface area (Å²) in [5.74, 6) is 0.133. The number of carbonyl (C=O) groups is 1. The number of ketones is 1. The zero-order valence-electron chi connectivity index (χ0n) is 9.49. The first-order chi connectivity index (χ1) is 8.11. The number of halogens is 1. The molecular weight excluding hydrogens is 223 g/mol. The van der Waals surface area contributed by atoms with E-state index in [2.05, 4.69) is 0 Å². The van der Waals surface area contributed by atoms with Gasteiger partial charge < -0.3 is 9.15 Å². The maximum atomic E-state index is 13.2. The van der Waals surface area contributed by atoms with E-state index in [1.54, 1.807) is 19.1 Å². The van der Waals surface area contributed by atoms with Gasteiger partial charge in [0.1, 0.15) is 5.76 Å². The number of hydrogen-bond acceptors (Lipinski definition) is 3. The molecule has 1 heterocycles. The summed E-state index contributed by atoms with van der Waals surface area (Å²) in [4.78, 5) is 12.0. The van der Waals surface area contributed by atoms with E-state index in [1.807, 2.05) is 0 Å². The molecule has 1 aromatic carbocycles. The van der Waals surface area contributed by atoms with Gasteiger partial charge in [-0.15, -0.1) is 0 Å². The van der Waals surface area contributed by atoms with Crippen LogP contribution in [-0.2, 0) is 0 Å². The summed E-state index contributed by atoms with van der Waals surface area (Å²) in [7, 11) is 1.35. The van der Waals surface area contributed by atoms with Gasteiger partial charge >= 0.3 is 0 Å². The lowest BCUT2D eigenvalue weighted by Crippen LogP contribution is -2.01.